The van der Waals surface area contributed by atoms with Crippen LogP contribution in [0.3, 0.4) is 0 Å². The zero-order chi connectivity index (χ0) is 16.8. The lowest BCUT2D eigenvalue weighted by molar-refractivity contribution is 0.317. The second-order valence-electron chi connectivity index (χ2n) is 5.93. The maximum atomic E-state index is 13.4. The van der Waals surface area contributed by atoms with Crippen molar-refractivity contribution in [2.75, 3.05) is 13.2 Å². The number of hydrogen-bond donors (Lipinski definition) is 2. The molecule has 0 bridgehead atoms. The molecule has 0 radical (unpaired) electrons. The van der Waals surface area contributed by atoms with Gasteiger partial charge in [-0.15, -0.1) is 0 Å². The number of halogens is 1. The molecule has 1 heterocycles. The Morgan fingerprint density at radius 3 is 2.96 bits per heavy atom. The average Bonchev–Trinajstić information content (AvgIpc) is 2.99. The predicted molar refractivity (Wildman–Crippen MR) is 95.9 cm³/mol. The second kappa shape index (κ2) is 7.97. The maximum Gasteiger partial charge on any atom is 0.123 e. The van der Waals surface area contributed by atoms with Crippen molar-refractivity contribution in [3.63, 3.8) is 0 Å². The van der Waals surface area contributed by atoms with E-state index < -0.39 is 0 Å². The lowest BCUT2D eigenvalue weighted by Gasteiger charge is -2.08. The van der Waals surface area contributed by atoms with Crippen LogP contribution in [-0.2, 0) is 13.0 Å². The molecule has 2 aromatic carbocycles. The van der Waals surface area contributed by atoms with Gasteiger partial charge in [0.25, 0.3) is 0 Å². The molecule has 24 heavy (non-hydrogen) atoms. The van der Waals surface area contributed by atoms with E-state index >= 15 is 0 Å². The Morgan fingerprint density at radius 2 is 2.08 bits per heavy atom. The Morgan fingerprint density at radius 1 is 1.17 bits per heavy atom. The first-order valence-corrected chi connectivity index (χ1v) is 8.44. The number of nitrogens with one attached hydrogen (secondary N) is 2. The number of fused-ring (bicyclic) bond motifs is 1. The van der Waals surface area contributed by atoms with Gasteiger partial charge in [-0.05, 0) is 60.8 Å². The third-order valence-corrected chi connectivity index (χ3v) is 4.00. The normalized spacial score (nSPS) is 11.1. The molecule has 3 nitrogen and oxygen atoms in total. The highest BCUT2D eigenvalue weighted by Crippen LogP contribution is 2.19. The Bertz CT molecular complexity index is 797. The molecular formula is C20H23FN2O. The first-order valence-electron chi connectivity index (χ1n) is 8.44. The van der Waals surface area contributed by atoms with E-state index in [1.807, 2.05) is 18.3 Å². The Hall–Kier alpha value is -2.33. The van der Waals surface area contributed by atoms with Crippen LogP contribution in [0.1, 0.15) is 24.5 Å². The Balaban J connectivity index is 1.52. The second-order valence-corrected chi connectivity index (χ2v) is 5.93. The monoisotopic (exact) mass is 326 g/mol. The molecule has 126 valence electrons. The minimum absolute atomic E-state index is 0.194. The predicted octanol–water partition coefficient (Wildman–Crippen LogP) is 4.43. The summed E-state index contributed by atoms with van der Waals surface area (Å²) >= 11 is 0. The van der Waals surface area contributed by atoms with Gasteiger partial charge in [0.15, 0.2) is 0 Å². The maximum absolute atomic E-state index is 13.4. The van der Waals surface area contributed by atoms with E-state index in [9.17, 15) is 4.39 Å². The zero-order valence-corrected chi connectivity index (χ0v) is 13.9. The molecule has 0 unspecified atom stereocenters. The van der Waals surface area contributed by atoms with E-state index in [0.717, 1.165) is 54.8 Å². The molecule has 0 aliphatic heterocycles. The van der Waals surface area contributed by atoms with Crippen molar-refractivity contribution in [3.05, 3.63) is 65.6 Å². The summed E-state index contributed by atoms with van der Waals surface area (Å²) in [5, 5.41) is 4.40. The van der Waals surface area contributed by atoms with Gasteiger partial charge in [0.2, 0.25) is 0 Å². The van der Waals surface area contributed by atoms with Crippen molar-refractivity contribution in [2.24, 2.45) is 0 Å². The van der Waals surface area contributed by atoms with Crippen LogP contribution in [0, 0.1) is 5.82 Å². The van der Waals surface area contributed by atoms with E-state index in [2.05, 4.69) is 29.4 Å². The number of hydrogen-bond acceptors (Lipinski definition) is 2. The number of aromatic amines is 1. The number of H-pyrrole nitrogens is 1. The van der Waals surface area contributed by atoms with Gasteiger partial charge >= 0.3 is 0 Å². The smallest absolute Gasteiger partial charge is 0.123 e. The fourth-order valence-corrected chi connectivity index (χ4v) is 2.78. The van der Waals surface area contributed by atoms with Crippen molar-refractivity contribution in [3.8, 4) is 5.75 Å². The van der Waals surface area contributed by atoms with Crippen molar-refractivity contribution in [2.45, 2.75) is 26.3 Å². The number of rotatable bonds is 8. The van der Waals surface area contributed by atoms with Gasteiger partial charge in [0.05, 0.1) is 6.61 Å². The molecule has 2 N–H and O–H groups in total. The summed E-state index contributed by atoms with van der Waals surface area (Å²) in [5.41, 5.74) is 3.32. The van der Waals surface area contributed by atoms with Crippen LogP contribution in [0.4, 0.5) is 4.39 Å². The fourth-order valence-electron chi connectivity index (χ4n) is 2.78. The van der Waals surface area contributed by atoms with Crippen LogP contribution >= 0.6 is 0 Å². The van der Waals surface area contributed by atoms with Crippen LogP contribution in [0.25, 0.3) is 10.9 Å². The van der Waals surface area contributed by atoms with Gasteiger partial charge in [0.1, 0.15) is 11.6 Å². The Kier molecular flexibility index (Phi) is 5.49. The summed E-state index contributed by atoms with van der Waals surface area (Å²) < 4.78 is 19.0. The zero-order valence-electron chi connectivity index (χ0n) is 13.9. The lowest BCUT2D eigenvalue weighted by Crippen LogP contribution is -2.16. The molecule has 0 atom stereocenters. The third kappa shape index (κ3) is 4.15. The highest BCUT2D eigenvalue weighted by Gasteiger charge is 2.04. The van der Waals surface area contributed by atoms with Crippen molar-refractivity contribution in [1.82, 2.24) is 10.3 Å². The number of ether oxygens (including phenoxy) is 1. The van der Waals surface area contributed by atoms with Crippen LogP contribution < -0.4 is 10.1 Å². The highest BCUT2D eigenvalue weighted by atomic mass is 19.1. The first-order chi connectivity index (χ1) is 11.8. The van der Waals surface area contributed by atoms with Gasteiger partial charge in [-0.1, -0.05) is 19.1 Å². The first kappa shape index (κ1) is 16.5. The summed E-state index contributed by atoms with van der Waals surface area (Å²) in [6.07, 6.45) is 3.83. The van der Waals surface area contributed by atoms with Crippen molar-refractivity contribution >= 4 is 10.9 Å². The van der Waals surface area contributed by atoms with E-state index in [4.69, 9.17) is 4.74 Å². The van der Waals surface area contributed by atoms with Gasteiger partial charge in [-0.3, -0.25) is 0 Å². The van der Waals surface area contributed by atoms with Crippen LogP contribution in [0.15, 0.2) is 48.7 Å². The lowest BCUT2D eigenvalue weighted by atomic mass is 10.1. The largest absolute Gasteiger partial charge is 0.494 e. The molecule has 0 aliphatic rings. The van der Waals surface area contributed by atoms with Crippen LogP contribution in [-0.4, -0.2) is 18.1 Å². The minimum Gasteiger partial charge on any atom is -0.494 e. The SMILES string of the molecule is CCCOc1cccc(CNCCc2c[nH]c3ccc(F)cc23)c1. The molecule has 0 fully saturated rings. The van der Waals surface area contributed by atoms with Gasteiger partial charge < -0.3 is 15.0 Å². The van der Waals surface area contributed by atoms with E-state index in [1.165, 1.54) is 11.6 Å². The Labute approximate surface area is 141 Å². The third-order valence-electron chi connectivity index (χ3n) is 4.00. The summed E-state index contributed by atoms with van der Waals surface area (Å²) in [5.74, 6) is 0.725. The molecule has 0 aliphatic carbocycles. The minimum atomic E-state index is -0.194. The molecular weight excluding hydrogens is 303 g/mol. The van der Waals surface area contributed by atoms with Gasteiger partial charge in [-0.25, -0.2) is 4.39 Å². The molecule has 3 aromatic rings. The molecule has 0 saturated heterocycles. The summed E-state index contributed by atoms with van der Waals surface area (Å²) in [7, 11) is 0. The summed E-state index contributed by atoms with van der Waals surface area (Å²) in [4.78, 5) is 3.19. The molecule has 3 rings (SSSR count). The molecule has 4 heteroatoms. The van der Waals surface area contributed by atoms with Gasteiger partial charge in [-0.2, -0.15) is 0 Å². The van der Waals surface area contributed by atoms with E-state index in [0.29, 0.717) is 0 Å². The van der Waals surface area contributed by atoms with Crippen LogP contribution in [0.2, 0.25) is 0 Å². The van der Waals surface area contributed by atoms with Crippen molar-refractivity contribution in [1.29, 1.82) is 0 Å². The summed E-state index contributed by atoms with van der Waals surface area (Å²) in [6, 6.07) is 13.0. The molecule has 0 spiro atoms. The van der Waals surface area contributed by atoms with Gasteiger partial charge in [0, 0.05) is 23.6 Å². The fraction of sp³-hybridized carbons (Fsp3) is 0.300. The van der Waals surface area contributed by atoms with Crippen LogP contribution in [0.5, 0.6) is 5.75 Å². The van der Waals surface area contributed by atoms with E-state index in [1.54, 1.807) is 12.1 Å². The average molecular weight is 326 g/mol. The molecule has 1 aromatic heterocycles. The quantitative estimate of drug-likeness (QED) is 0.601. The van der Waals surface area contributed by atoms with Crippen molar-refractivity contribution < 1.29 is 9.13 Å². The number of aromatic nitrogens is 1. The highest BCUT2D eigenvalue weighted by molar-refractivity contribution is 5.83. The molecule has 0 saturated carbocycles. The summed E-state index contributed by atoms with van der Waals surface area (Å²) in [6.45, 7) is 4.47. The topological polar surface area (TPSA) is 37.0 Å². The molecule has 0 amide bonds. The number of benzene rings is 2. The van der Waals surface area contributed by atoms with E-state index in [-0.39, 0.29) is 5.82 Å². The standard InChI is InChI=1S/C20H23FN2O/c1-2-10-24-18-5-3-4-15(11-18)13-22-9-8-16-14-23-20-7-6-17(21)12-19(16)20/h3-7,11-12,14,22-23H,2,8-10,13H2,1H3.